The zero-order valence-corrected chi connectivity index (χ0v) is 9.01. The summed E-state index contributed by atoms with van der Waals surface area (Å²) < 4.78 is 5.37. The van der Waals surface area contributed by atoms with Gasteiger partial charge < -0.3 is 14.5 Å². The fourth-order valence-electron chi connectivity index (χ4n) is 1.18. The third kappa shape index (κ3) is 3.21. The second-order valence-electron chi connectivity index (χ2n) is 3.41. The van der Waals surface area contributed by atoms with Crippen LogP contribution >= 0.6 is 0 Å². The van der Waals surface area contributed by atoms with Crippen molar-refractivity contribution in [1.29, 1.82) is 0 Å². The van der Waals surface area contributed by atoms with Crippen LogP contribution in [0, 0.1) is 4.91 Å². The van der Waals surface area contributed by atoms with Crippen molar-refractivity contribution < 1.29 is 4.74 Å². The Labute approximate surface area is 89.3 Å². The summed E-state index contributed by atoms with van der Waals surface area (Å²) in [5, 5.41) is 2.75. The lowest BCUT2D eigenvalue weighted by Gasteiger charge is -2.20. The molecule has 0 aromatic carbocycles. The second-order valence-corrected chi connectivity index (χ2v) is 3.41. The second kappa shape index (κ2) is 5.31. The van der Waals surface area contributed by atoms with Gasteiger partial charge in [-0.2, -0.15) is 0 Å². The molecule has 0 radical (unpaired) electrons. The monoisotopic (exact) mass is 209 g/mol. The van der Waals surface area contributed by atoms with E-state index in [0.717, 1.165) is 5.57 Å². The van der Waals surface area contributed by atoms with Gasteiger partial charge >= 0.3 is 0 Å². The average molecular weight is 209 g/mol. The van der Waals surface area contributed by atoms with E-state index in [9.17, 15) is 4.91 Å². The molecule has 0 spiro atoms. The van der Waals surface area contributed by atoms with Crippen molar-refractivity contribution in [2.45, 2.75) is 6.92 Å². The SMILES string of the molecule is C=C(C)COCN1C=CN(C)/C1=C\N=O. The summed E-state index contributed by atoms with van der Waals surface area (Å²) in [5.74, 6) is 0.701. The average Bonchev–Trinajstić information content (AvgIpc) is 2.50. The summed E-state index contributed by atoms with van der Waals surface area (Å²) in [7, 11) is 1.84. The van der Waals surface area contributed by atoms with Gasteiger partial charge in [0.2, 0.25) is 0 Å². The highest BCUT2D eigenvalue weighted by Gasteiger charge is 2.16. The smallest absolute Gasteiger partial charge is 0.136 e. The molecule has 1 aliphatic heterocycles. The van der Waals surface area contributed by atoms with Crippen molar-refractivity contribution in [2.24, 2.45) is 5.18 Å². The van der Waals surface area contributed by atoms with E-state index in [1.54, 1.807) is 9.80 Å². The maximum absolute atomic E-state index is 10.2. The van der Waals surface area contributed by atoms with E-state index in [1.165, 1.54) is 6.20 Å². The van der Waals surface area contributed by atoms with Crippen LogP contribution in [0.3, 0.4) is 0 Å². The third-order valence-corrected chi connectivity index (χ3v) is 1.87. The Balaban J connectivity index is 2.47. The molecule has 1 aliphatic rings. The molecule has 5 nitrogen and oxygen atoms in total. The van der Waals surface area contributed by atoms with Crippen LogP contribution in [0.5, 0.6) is 0 Å². The fraction of sp³-hybridized carbons (Fsp3) is 0.400. The van der Waals surface area contributed by atoms with Gasteiger partial charge in [-0.05, 0) is 12.1 Å². The molecule has 82 valence electrons. The molecule has 1 heterocycles. The molecule has 0 N–H and O–H groups in total. The lowest BCUT2D eigenvalue weighted by Crippen LogP contribution is -2.23. The standard InChI is InChI=1S/C10H15N3O2/c1-9(2)7-15-8-13-5-4-12(3)10(13)6-11-14/h4-6H,1,7-8H2,2-3H3/b10-6+. The number of nitroso groups, excluding NO2 is 1. The van der Waals surface area contributed by atoms with Gasteiger partial charge in [0.1, 0.15) is 18.8 Å². The minimum Gasteiger partial charge on any atom is -0.356 e. The molecular formula is C10H15N3O2. The van der Waals surface area contributed by atoms with Gasteiger partial charge in [0.15, 0.2) is 0 Å². The molecule has 0 amide bonds. The minimum absolute atomic E-state index is 0.384. The number of rotatable bonds is 5. The van der Waals surface area contributed by atoms with Crippen LogP contribution in [0.25, 0.3) is 0 Å². The molecule has 0 saturated carbocycles. The zero-order valence-electron chi connectivity index (χ0n) is 9.01. The van der Waals surface area contributed by atoms with Crippen molar-refractivity contribution in [3.8, 4) is 0 Å². The summed E-state index contributed by atoms with van der Waals surface area (Å²) >= 11 is 0. The van der Waals surface area contributed by atoms with Crippen molar-refractivity contribution >= 4 is 0 Å². The molecule has 15 heavy (non-hydrogen) atoms. The summed E-state index contributed by atoms with van der Waals surface area (Å²) in [6.45, 7) is 6.53. The van der Waals surface area contributed by atoms with Crippen LogP contribution in [0.1, 0.15) is 6.92 Å². The van der Waals surface area contributed by atoms with Gasteiger partial charge in [-0.1, -0.05) is 12.2 Å². The molecule has 0 atom stereocenters. The highest BCUT2D eigenvalue weighted by molar-refractivity contribution is 5.12. The molecular weight excluding hydrogens is 194 g/mol. The number of hydrogen-bond acceptors (Lipinski definition) is 5. The topological polar surface area (TPSA) is 45.1 Å². The van der Waals surface area contributed by atoms with Gasteiger partial charge in [0, 0.05) is 19.4 Å². The van der Waals surface area contributed by atoms with Crippen molar-refractivity contribution in [1.82, 2.24) is 9.80 Å². The van der Waals surface area contributed by atoms with E-state index >= 15 is 0 Å². The number of nitrogens with zero attached hydrogens (tertiary/aromatic N) is 3. The van der Waals surface area contributed by atoms with Crippen LogP contribution in [-0.4, -0.2) is 30.2 Å². The van der Waals surface area contributed by atoms with Crippen LogP contribution in [-0.2, 0) is 4.74 Å². The molecule has 0 unspecified atom stereocenters. The van der Waals surface area contributed by atoms with Gasteiger partial charge in [-0.3, -0.25) is 0 Å². The number of hydrogen-bond donors (Lipinski definition) is 0. The lowest BCUT2D eigenvalue weighted by molar-refractivity contribution is 0.0809. The van der Waals surface area contributed by atoms with Crippen LogP contribution in [0.4, 0.5) is 0 Å². The predicted molar refractivity (Wildman–Crippen MR) is 58.3 cm³/mol. The molecule has 0 aliphatic carbocycles. The maximum Gasteiger partial charge on any atom is 0.136 e. The minimum atomic E-state index is 0.384. The first-order valence-corrected chi connectivity index (χ1v) is 4.57. The molecule has 0 bridgehead atoms. The lowest BCUT2D eigenvalue weighted by atomic mass is 10.4. The maximum atomic E-state index is 10.2. The van der Waals surface area contributed by atoms with Crippen molar-refractivity contribution in [2.75, 3.05) is 20.4 Å². The first-order chi connectivity index (χ1) is 7.15. The van der Waals surface area contributed by atoms with Crippen LogP contribution < -0.4 is 0 Å². The molecule has 0 saturated heterocycles. The summed E-state index contributed by atoms with van der Waals surface area (Å²) in [6, 6.07) is 0. The Kier molecular flexibility index (Phi) is 4.05. The Morgan fingerprint density at radius 2 is 2.40 bits per heavy atom. The Hall–Kier alpha value is -1.62. The summed E-state index contributed by atoms with van der Waals surface area (Å²) in [5.41, 5.74) is 0.963. The summed E-state index contributed by atoms with van der Waals surface area (Å²) in [6.07, 6.45) is 4.92. The molecule has 0 aromatic rings. The van der Waals surface area contributed by atoms with Crippen molar-refractivity contribution in [3.63, 3.8) is 0 Å². The first kappa shape index (κ1) is 11.5. The Morgan fingerprint density at radius 1 is 1.67 bits per heavy atom. The molecule has 0 fully saturated rings. The van der Waals surface area contributed by atoms with E-state index in [2.05, 4.69) is 11.8 Å². The van der Waals surface area contributed by atoms with Crippen molar-refractivity contribution in [3.05, 3.63) is 41.5 Å². The number of ether oxygens (including phenoxy) is 1. The molecule has 5 heteroatoms. The molecule has 0 aromatic heterocycles. The van der Waals surface area contributed by atoms with Gasteiger partial charge in [0.25, 0.3) is 0 Å². The highest BCUT2D eigenvalue weighted by Crippen LogP contribution is 2.17. The normalized spacial score (nSPS) is 17.6. The van der Waals surface area contributed by atoms with Gasteiger partial charge in [0.05, 0.1) is 6.61 Å². The Morgan fingerprint density at radius 3 is 3.00 bits per heavy atom. The summed E-state index contributed by atoms with van der Waals surface area (Å²) in [4.78, 5) is 13.8. The van der Waals surface area contributed by atoms with Crippen LogP contribution in [0.15, 0.2) is 41.7 Å². The van der Waals surface area contributed by atoms with Crippen LogP contribution in [0.2, 0.25) is 0 Å². The van der Waals surface area contributed by atoms with E-state index in [4.69, 9.17) is 4.74 Å². The Bertz CT molecular complexity index is 310. The highest BCUT2D eigenvalue weighted by atomic mass is 16.5. The van der Waals surface area contributed by atoms with E-state index < -0.39 is 0 Å². The third-order valence-electron chi connectivity index (χ3n) is 1.87. The zero-order chi connectivity index (χ0) is 11.3. The van der Waals surface area contributed by atoms with E-state index in [0.29, 0.717) is 19.2 Å². The van der Waals surface area contributed by atoms with E-state index in [-0.39, 0.29) is 0 Å². The van der Waals surface area contributed by atoms with Gasteiger partial charge in [-0.15, -0.1) is 4.91 Å². The molecule has 1 rings (SSSR count). The fourth-order valence-corrected chi connectivity index (χ4v) is 1.18. The quantitative estimate of drug-likeness (QED) is 0.512. The first-order valence-electron chi connectivity index (χ1n) is 4.57. The van der Waals surface area contributed by atoms with Gasteiger partial charge in [-0.25, -0.2) is 0 Å². The largest absolute Gasteiger partial charge is 0.356 e. The van der Waals surface area contributed by atoms with E-state index in [1.807, 2.05) is 26.4 Å². The predicted octanol–water partition coefficient (Wildman–Crippen LogP) is 1.82.